The molecule has 5 heterocycles. The maximum absolute atomic E-state index is 4.70. The molecule has 0 unspecified atom stereocenters. The van der Waals surface area contributed by atoms with Gasteiger partial charge in [-0.2, -0.15) is 0 Å². The van der Waals surface area contributed by atoms with Gasteiger partial charge in [0.2, 0.25) is 0 Å². The van der Waals surface area contributed by atoms with Crippen molar-refractivity contribution in [3.05, 3.63) is 71.3 Å². The van der Waals surface area contributed by atoms with Crippen molar-refractivity contribution in [2.45, 2.75) is 0 Å². The molecule has 3 aromatic rings. The first kappa shape index (κ1) is 14.0. The van der Waals surface area contributed by atoms with E-state index in [2.05, 4.69) is 77.8 Å². The fourth-order valence-electron chi connectivity index (χ4n) is 2.84. The number of hydrogen-bond acceptors (Lipinski definition) is 2. The molecule has 24 heavy (non-hydrogen) atoms. The summed E-state index contributed by atoms with van der Waals surface area (Å²) in [5, 5.41) is 0. The normalized spacial score (nSPS) is 12.7. The van der Waals surface area contributed by atoms with Crippen molar-refractivity contribution in [3.8, 4) is 0 Å². The van der Waals surface area contributed by atoms with E-state index in [1.165, 1.54) is 6.80 Å². The Morgan fingerprint density at radius 2 is 1.04 bits per heavy atom. The minimum absolute atomic E-state index is 0.348. The zero-order valence-corrected chi connectivity index (χ0v) is 15.1. The van der Waals surface area contributed by atoms with Gasteiger partial charge in [0.1, 0.15) is 0 Å². The Kier molecular flexibility index (Phi) is 3.26. The summed E-state index contributed by atoms with van der Waals surface area (Å²) in [6.07, 6.45) is 8.30. The van der Waals surface area contributed by atoms with Crippen molar-refractivity contribution in [1.82, 2.24) is 15.0 Å². The second kappa shape index (κ2) is 5.59. The third kappa shape index (κ3) is 2.75. The van der Waals surface area contributed by atoms with Crippen LogP contribution in [0.25, 0.3) is 42.1 Å². The Labute approximate surface area is 148 Å². The Morgan fingerprint density at radius 1 is 0.583 bits per heavy atom. The van der Waals surface area contributed by atoms with Crippen LogP contribution in [0.1, 0.15) is 22.8 Å². The predicted molar refractivity (Wildman–Crippen MR) is 101 cm³/mol. The molecule has 8 bridgehead atoms. The van der Waals surface area contributed by atoms with Gasteiger partial charge in [-0.15, -0.1) is 0 Å². The average molecular weight is 423 g/mol. The zero-order chi connectivity index (χ0) is 15.9. The molecule has 0 aliphatic carbocycles. The standard InChI is InChI=1S/C20H13N3Te/c1-2-14-10-16-4-6-18(23-16)12-20-8-7-19(24-20)11-17-5-3-15(22-17)9-13(1)21-14/h1-12,21H. The summed E-state index contributed by atoms with van der Waals surface area (Å²) in [7, 11) is 0. The third-order valence-corrected chi connectivity index (χ3v) is 6.73. The van der Waals surface area contributed by atoms with Crippen LogP contribution >= 0.6 is 0 Å². The first-order valence-corrected chi connectivity index (χ1v) is 10.1. The number of aromatic nitrogens is 3. The molecule has 5 rings (SSSR count). The van der Waals surface area contributed by atoms with E-state index in [9.17, 15) is 0 Å². The van der Waals surface area contributed by atoms with Crippen LogP contribution in [0.5, 0.6) is 0 Å². The maximum atomic E-state index is 4.70. The SMILES string of the molecule is C1=Cc2cc3ccc(cc4nc(cc5ccc(cc1n2)[nH]5)C=C4)[te]3. The Balaban J connectivity index is 1.85. The molecule has 0 atom stereocenters. The number of H-pyrrole nitrogens is 1. The van der Waals surface area contributed by atoms with Gasteiger partial charge in [0.15, 0.2) is 0 Å². The molecule has 114 valence electrons. The van der Waals surface area contributed by atoms with Gasteiger partial charge in [-0.3, -0.25) is 0 Å². The van der Waals surface area contributed by atoms with Crippen LogP contribution in [0.3, 0.4) is 0 Å². The molecular weight excluding hydrogens is 410 g/mol. The molecule has 2 aliphatic heterocycles. The second-order valence-corrected chi connectivity index (χ2v) is 9.05. The molecule has 0 amide bonds. The minimum atomic E-state index is -0.348. The van der Waals surface area contributed by atoms with Crippen LogP contribution in [-0.4, -0.2) is 35.4 Å². The summed E-state index contributed by atoms with van der Waals surface area (Å²) >= 11 is -0.348. The summed E-state index contributed by atoms with van der Waals surface area (Å²) in [5.41, 5.74) is 6.13. The summed E-state index contributed by atoms with van der Waals surface area (Å²) in [6, 6.07) is 17.1. The van der Waals surface area contributed by atoms with Gasteiger partial charge in [-0.25, -0.2) is 0 Å². The summed E-state index contributed by atoms with van der Waals surface area (Å²) in [6.45, 7) is 0. The van der Waals surface area contributed by atoms with Crippen molar-refractivity contribution in [1.29, 1.82) is 0 Å². The van der Waals surface area contributed by atoms with E-state index in [1.54, 1.807) is 0 Å². The van der Waals surface area contributed by atoms with Crippen molar-refractivity contribution in [2.75, 3.05) is 0 Å². The fraction of sp³-hybridized carbons (Fsp3) is 0. The quantitative estimate of drug-likeness (QED) is 0.376. The second-order valence-electron chi connectivity index (χ2n) is 5.78. The summed E-state index contributed by atoms with van der Waals surface area (Å²) in [5.74, 6) is 0. The van der Waals surface area contributed by atoms with Crippen LogP contribution < -0.4 is 0 Å². The predicted octanol–water partition coefficient (Wildman–Crippen LogP) is 4.38. The molecule has 3 nitrogen and oxygen atoms in total. The van der Waals surface area contributed by atoms with Crippen LogP contribution in [0, 0.1) is 0 Å². The molecule has 0 fully saturated rings. The zero-order valence-electron chi connectivity index (χ0n) is 12.7. The number of rotatable bonds is 0. The van der Waals surface area contributed by atoms with Gasteiger partial charge in [-0.1, -0.05) is 0 Å². The Hall–Kier alpha value is -2.41. The van der Waals surface area contributed by atoms with Gasteiger partial charge in [0, 0.05) is 0 Å². The molecule has 0 radical (unpaired) electrons. The van der Waals surface area contributed by atoms with E-state index in [0.717, 1.165) is 33.8 Å². The topological polar surface area (TPSA) is 41.6 Å². The van der Waals surface area contributed by atoms with Crippen molar-refractivity contribution in [2.24, 2.45) is 0 Å². The van der Waals surface area contributed by atoms with E-state index in [4.69, 9.17) is 9.97 Å². The number of nitrogens with one attached hydrogen (secondary N) is 1. The average Bonchev–Trinajstić information content (AvgIpc) is 3.32. The Bertz CT molecular complexity index is 987. The van der Waals surface area contributed by atoms with Crippen molar-refractivity contribution in [3.63, 3.8) is 0 Å². The fourth-order valence-corrected chi connectivity index (χ4v) is 5.42. The van der Waals surface area contributed by atoms with Crippen LogP contribution in [0.2, 0.25) is 0 Å². The number of hydrogen-bond donors (Lipinski definition) is 1. The van der Waals surface area contributed by atoms with E-state index < -0.39 is 0 Å². The number of fused-ring (bicyclic) bond motifs is 8. The van der Waals surface area contributed by atoms with Gasteiger partial charge in [0.25, 0.3) is 0 Å². The molecule has 0 saturated carbocycles. The van der Waals surface area contributed by atoms with Gasteiger partial charge < -0.3 is 0 Å². The van der Waals surface area contributed by atoms with Crippen LogP contribution in [0.15, 0.2) is 48.5 Å². The molecular formula is C20H13N3Te. The summed E-state index contributed by atoms with van der Waals surface area (Å²) < 4.78 is 2.81. The van der Waals surface area contributed by atoms with Gasteiger partial charge in [0.05, 0.1) is 0 Å². The monoisotopic (exact) mass is 425 g/mol. The number of nitrogens with zero attached hydrogens (tertiary/aromatic N) is 2. The number of aromatic amines is 1. The van der Waals surface area contributed by atoms with E-state index in [1.807, 2.05) is 0 Å². The first-order chi connectivity index (χ1) is 11.8. The van der Waals surface area contributed by atoms with Crippen LogP contribution in [-0.2, 0) is 0 Å². The molecule has 0 spiro atoms. The third-order valence-electron chi connectivity index (χ3n) is 3.93. The van der Waals surface area contributed by atoms with E-state index >= 15 is 0 Å². The molecule has 0 saturated heterocycles. The molecule has 2 aliphatic rings. The van der Waals surface area contributed by atoms with E-state index in [0.29, 0.717) is 0 Å². The van der Waals surface area contributed by atoms with Crippen LogP contribution in [0.4, 0.5) is 0 Å². The molecule has 3 aromatic heterocycles. The van der Waals surface area contributed by atoms with Gasteiger partial charge in [-0.05, 0) is 0 Å². The molecule has 1 N–H and O–H groups in total. The van der Waals surface area contributed by atoms with E-state index in [-0.39, 0.29) is 20.4 Å². The summed E-state index contributed by atoms with van der Waals surface area (Å²) in [4.78, 5) is 12.8. The van der Waals surface area contributed by atoms with Crippen molar-refractivity contribution >= 4 is 62.6 Å². The molecule has 0 aromatic carbocycles. The first-order valence-electron chi connectivity index (χ1n) is 7.75. The molecule has 4 heteroatoms. The Morgan fingerprint density at radius 3 is 1.54 bits per heavy atom. The van der Waals surface area contributed by atoms with Crippen molar-refractivity contribution < 1.29 is 0 Å². The van der Waals surface area contributed by atoms with Gasteiger partial charge >= 0.3 is 149 Å².